The van der Waals surface area contributed by atoms with Crippen molar-refractivity contribution in [2.75, 3.05) is 0 Å². The Morgan fingerprint density at radius 2 is 1.50 bits per heavy atom. The first-order valence-electron chi connectivity index (χ1n) is 11.2. The number of sulfonamides is 1. The molecule has 0 N–H and O–H groups in total. The van der Waals surface area contributed by atoms with Crippen molar-refractivity contribution in [3.05, 3.63) is 77.0 Å². The first-order chi connectivity index (χ1) is 14.4. The highest BCUT2D eigenvalue weighted by Gasteiger charge is 2.27. The second-order valence-corrected chi connectivity index (χ2v) is 9.96. The van der Waals surface area contributed by atoms with E-state index in [9.17, 15) is 8.42 Å². The Morgan fingerprint density at radius 3 is 2.10 bits per heavy atom. The van der Waals surface area contributed by atoms with Gasteiger partial charge in [0.05, 0.1) is 11.4 Å². The number of unbranched alkanes of at least 4 members (excludes halogenated alkanes) is 3. The van der Waals surface area contributed by atoms with Crippen LogP contribution < -0.4 is 0 Å². The molecule has 0 radical (unpaired) electrons. The van der Waals surface area contributed by atoms with Gasteiger partial charge in [0, 0.05) is 5.70 Å². The number of aryl methyl sites for hydroxylation is 1. The first-order valence-corrected chi connectivity index (χ1v) is 12.7. The van der Waals surface area contributed by atoms with Crippen LogP contribution in [0, 0.1) is 6.92 Å². The lowest BCUT2D eigenvalue weighted by Crippen LogP contribution is -2.31. The van der Waals surface area contributed by atoms with Crippen molar-refractivity contribution >= 4 is 10.0 Å². The fourth-order valence-electron chi connectivity index (χ4n) is 3.66. The molecule has 2 aromatic rings. The maximum absolute atomic E-state index is 13.7. The Balaban J connectivity index is 2.47. The van der Waals surface area contributed by atoms with Crippen LogP contribution in [-0.2, 0) is 16.6 Å². The smallest absolute Gasteiger partial charge is 0.264 e. The van der Waals surface area contributed by atoms with Gasteiger partial charge < -0.3 is 0 Å². The molecule has 2 rings (SSSR count). The molecule has 164 valence electrons. The Kier molecular flexibility index (Phi) is 9.64. The summed E-state index contributed by atoms with van der Waals surface area (Å²) in [6.45, 7) is 8.77. The van der Waals surface area contributed by atoms with E-state index in [2.05, 4.69) is 20.8 Å². The second kappa shape index (κ2) is 11.9. The zero-order chi connectivity index (χ0) is 22.0. The zero-order valence-electron chi connectivity index (χ0n) is 19.0. The van der Waals surface area contributed by atoms with Gasteiger partial charge in [0.2, 0.25) is 0 Å². The number of nitrogens with zero attached hydrogens (tertiary/aromatic N) is 1. The Labute approximate surface area is 183 Å². The molecule has 0 aliphatic carbocycles. The maximum Gasteiger partial charge on any atom is 0.264 e. The highest BCUT2D eigenvalue weighted by Crippen LogP contribution is 2.29. The standard InChI is InChI=1S/C26H37NO2S/c1-5-7-8-10-14-23(4)26(13-6-2)27(21-24-15-11-9-12-16-24)30(28,29)25-19-17-22(3)18-20-25/h9,11-12,15-20H,5-8,10,13-14,21H2,1-4H3/b26-23-. The van der Waals surface area contributed by atoms with Crippen molar-refractivity contribution in [2.45, 2.75) is 84.1 Å². The van der Waals surface area contributed by atoms with Gasteiger partial charge >= 0.3 is 0 Å². The minimum atomic E-state index is -3.64. The van der Waals surface area contributed by atoms with Crippen LogP contribution in [0.3, 0.4) is 0 Å². The van der Waals surface area contributed by atoms with Crippen LogP contribution in [-0.4, -0.2) is 12.7 Å². The molecule has 0 aliphatic rings. The van der Waals surface area contributed by atoms with Gasteiger partial charge in [-0.2, -0.15) is 0 Å². The third-order valence-corrected chi connectivity index (χ3v) is 7.26. The topological polar surface area (TPSA) is 37.4 Å². The first kappa shape index (κ1) is 24.2. The molecular weight excluding hydrogens is 390 g/mol. The van der Waals surface area contributed by atoms with Gasteiger partial charge in [-0.15, -0.1) is 0 Å². The molecule has 0 unspecified atom stereocenters. The van der Waals surface area contributed by atoms with Crippen molar-refractivity contribution in [1.29, 1.82) is 0 Å². The average molecular weight is 428 g/mol. The summed E-state index contributed by atoms with van der Waals surface area (Å²) in [6.07, 6.45) is 7.35. The summed E-state index contributed by atoms with van der Waals surface area (Å²) in [5.41, 5.74) is 4.21. The summed E-state index contributed by atoms with van der Waals surface area (Å²) in [4.78, 5) is 0.358. The van der Waals surface area contributed by atoms with Crippen LogP contribution in [0.2, 0.25) is 0 Å². The average Bonchev–Trinajstić information content (AvgIpc) is 2.74. The van der Waals surface area contributed by atoms with Crippen molar-refractivity contribution < 1.29 is 8.42 Å². The van der Waals surface area contributed by atoms with Gasteiger partial charge in [-0.3, -0.25) is 4.31 Å². The highest BCUT2D eigenvalue weighted by atomic mass is 32.2. The largest absolute Gasteiger partial charge is 0.266 e. The van der Waals surface area contributed by atoms with Gasteiger partial charge in [0.15, 0.2) is 0 Å². The van der Waals surface area contributed by atoms with E-state index in [1.807, 2.05) is 49.4 Å². The molecule has 0 spiro atoms. The van der Waals surface area contributed by atoms with Crippen LogP contribution in [0.1, 0.15) is 76.8 Å². The lowest BCUT2D eigenvalue weighted by Gasteiger charge is -2.29. The van der Waals surface area contributed by atoms with Crippen LogP contribution in [0.25, 0.3) is 0 Å². The fraction of sp³-hybridized carbons (Fsp3) is 0.462. The maximum atomic E-state index is 13.7. The number of allylic oxidation sites excluding steroid dienone is 2. The Hall–Kier alpha value is -2.07. The summed E-state index contributed by atoms with van der Waals surface area (Å²) in [5, 5.41) is 0. The van der Waals surface area contributed by atoms with Crippen molar-refractivity contribution in [2.24, 2.45) is 0 Å². The number of rotatable bonds is 12. The van der Waals surface area contributed by atoms with E-state index in [4.69, 9.17) is 0 Å². The molecule has 0 heterocycles. The molecule has 3 nitrogen and oxygen atoms in total. The molecule has 2 aromatic carbocycles. The van der Waals surface area contributed by atoms with Gasteiger partial charge in [0.1, 0.15) is 0 Å². The molecule has 4 heteroatoms. The van der Waals surface area contributed by atoms with E-state index in [-0.39, 0.29) is 0 Å². The molecule has 0 saturated carbocycles. The van der Waals surface area contributed by atoms with Gasteiger partial charge in [0.25, 0.3) is 10.0 Å². The minimum Gasteiger partial charge on any atom is -0.266 e. The van der Waals surface area contributed by atoms with E-state index in [1.54, 1.807) is 16.4 Å². The third-order valence-electron chi connectivity index (χ3n) is 5.46. The van der Waals surface area contributed by atoms with E-state index in [1.165, 1.54) is 24.8 Å². The SMILES string of the molecule is CCCCCC/C(C)=C(/CCC)N(Cc1ccccc1)S(=O)(=O)c1ccc(C)cc1. The lowest BCUT2D eigenvalue weighted by molar-refractivity contribution is 0.450. The highest BCUT2D eigenvalue weighted by molar-refractivity contribution is 7.89. The number of hydrogen-bond donors (Lipinski definition) is 0. The van der Waals surface area contributed by atoms with Crippen LogP contribution >= 0.6 is 0 Å². The summed E-state index contributed by atoms with van der Waals surface area (Å²) < 4.78 is 29.1. The quantitative estimate of drug-likeness (QED) is 0.335. The normalized spacial score (nSPS) is 12.5. The van der Waals surface area contributed by atoms with E-state index in [0.29, 0.717) is 11.4 Å². The molecule has 0 bridgehead atoms. The molecule has 0 fully saturated rings. The zero-order valence-corrected chi connectivity index (χ0v) is 19.8. The third kappa shape index (κ3) is 6.73. The van der Waals surface area contributed by atoms with Gasteiger partial charge in [-0.25, -0.2) is 8.42 Å². The lowest BCUT2D eigenvalue weighted by atomic mass is 10.0. The monoisotopic (exact) mass is 427 g/mol. The summed E-state index contributed by atoms with van der Waals surface area (Å²) in [7, 11) is -3.64. The van der Waals surface area contributed by atoms with Crippen LogP contribution in [0.4, 0.5) is 0 Å². The van der Waals surface area contributed by atoms with E-state index in [0.717, 1.165) is 42.5 Å². The molecule has 0 aromatic heterocycles. The molecule has 0 atom stereocenters. The van der Waals surface area contributed by atoms with Gasteiger partial charge in [-0.05, 0) is 50.8 Å². The fourth-order valence-corrected chi connectivity index (χ4v) is 5.25. The summed E-state index contributed by atoms with van der Waals surface area (Å²) in [6, 6.07) is 17.1. The van der Waals surface area contributed by atoms with E-state index < -0.39 is 10.0 Å². The Morgan fingerprint density at radius 1 is 0.833 bits per heavy atom. The number of benzene rings is 2. The van der Waals surface area contributed by atoms with Crippen molar-refractivity contribution in [1.82, 2.24) is 4.31 Å². The predicted molar refractivity (Wildman–Crippen MR) is 127 cm³/mol. The molecular formula is C26H37NO2S. The van der Waals surface area contributed by atoms with Gasteiger partial charge in [-0.1, -0.05) is 93.1 Å². The van der Waals surface area contributed by atoms with E-state index >= 15 is 0 Å². The summed E-state index contributed by atoms with van der Waals surface area (Å²) in [5.74, 6) is 0. The van der Waals surface area contributed by atoms with Crippen molar-refractivity contribution in [3.8, 4) is 0 Å². The summed E-state index contributed by atoms with van der Waals surface area (Å²) >= 11 is 0. The second-order valence-electron chi connectivity index (χ2n) is 8.10. The molecule has 30 heavy (non-hydrogen) atoms. The Bertz CT molecular complexity index is 900. The number of hydrogen-bond acceptors (Lipinski definition) is 2. The predicted octanol–water partition coefficient (Wildman–Crippen LogP) is 7.23. The van der Waals surface area contributed by atoms with Crippen LogP contribution in [0.15, 0.2) is 70.8 Å². The molecule has 0 aliphatic heterocycles. The molecule has 0 amide bonds. The minimum absolute atomic E-state index is 0.358. The molecule has 0 saturated heterocycles. The van der Waals surface area contributed by atoms with Crippen molar-refractivity contribution in [3.63, 3.8) is 0 Å². The van der Waals surface area contributed by atoms with Crippen LogP contribution in [0.5, 0.6) is 0 Å².